The summed E-state index contributed by atoms with van der Waals surface area (Å²) in [7, 11) is 0. The number of nitrogen functional groups attached to an aromatic ring is 1. The number of aryl methyl sites for hydroxylation is 2. The van der Waals surface area contributed by atoms with Gasteiger partial charge in [-0.2, -0.15) is 0 Å². The van der Waals surface area contributed by atoms with Crippen molar-refractivity contribution in [3.05, 3.63) is 40.8 Å². The molecule has 1 aromatic carbocycles. The van der Waals surface area contributed by atoms with Crippen LogP contribution in [0.3, 0.4) is 0 Å². The predicted molar refractivity (Wildman–Crippen MR) is 75.1 cm³/mol. The van der Waals surface area contributed by atoms with Crippen molar-refractivity contribution in [3.8, 4) is 11.4 Å². The smallest absolute Gasteiger partial charge is 0.173 e. The zero-order valence-electron chi connectivity index (χ0n) is 10.6. The Kier molecular flexibility index (Phi) is 2.64. The zero-order chi connectivity index (χ0) is 13.6. The van der Waals surface area contributed by atoms with Gasteiger partial charge in [-0.3, -0.25) is 4.40 Å². The van der Waals surface area contributed by atoms with Crippen molar-refractivity contribution >= 4 is 22.9 Å². The van der Waals surface area contributed by atoms with Crippen LogP contribution in [0.25, 0.3) is 17.0 Å². The second-order valence-electron chi connectivity index (χ2n) is 4.37. The fraction of sp³-hybridized carbons (Fsp3) is 0.154. The Hall–Kier alpha value is -2.14. The van der Waals surface area contributed by atoms with Crippen molar-refractivity contribution in [2.24, 2.45) is 0 Å². The molecule has 0 atom stereocenters. The molecule has 0 saturated carbocycles. The number of anilines is 1. The van der Waals surface area contributed by atoms with E-state index in [2.05, 4.69) is 15.2 Å². The molecule has 0 amide bonds. The fourth-order valence-electron chi connectivity index (χ4n) is 2.17. The summed E-state index contributed by atoms with van der Waals surface area (Å²) < 4.78 is 1.85. The maximum atomic E-state index is 6.22. The second-order valence-corrected chi connectivity index (χ2v) is 4.77. The van der Waals surface area contributed by atoms with E-state index in [4.69, 9.17) is 17.3 Å². The average molecular weight is 274 g/mol. The molecule has 3 rings (SSSR count). The predicted octanol–water partition coefficient (Wildman–Crippen LogP) is 2.64. The molecular weight excluding hydrogens is 262 g/mol. The highest BCUT2D eigenvalue weighted by molar-refractivity contribution is 6.33. The highest BCUT2D eigenvalue weighted by atomic mass is 35.5. The summed E-state index contributed by atoms with van der Waals surface area (Å²) in [6.07, 6.45) is 0. The Morgan fingerprint density at radius 1 is 1.21 bits per heavy atom. The van der Waals surface area contributed by atoms with Crippen molar-refractivity contribution < 1.29 is 0 Å². The molecule has 2 N–H and O–H groups in total. The molecular formula is C13H12ClN5. The minimum Gasteiger partial charge on any atom is -0.398 e. The standard InChI is InChI=1S/C13H12ClN5/c1-7-6-11-17-18-13(19(11)8(2)16-7)12-9(14)4-3-5-10(12)15/h3-6H,15H2,1-2H3. The third-order valence-electron chi connectivity index (χ3n) is 2.96. The van der Waals surface area contributed by atoms with E-state index in [1.54, 1.807) is 18.2 Å². The van der Waals surface area contributed by atoms with E-state index in [0.29, 0.717) is 22.1 Å². The van der Waals surface area contributed by atoms with E-state index in [0.717, 1.165) is 17.2 Å². The minimum absolute atomic E-state index is 0.550. The first-order valence-electron chi connectivity index (χ1n) is 5.81. The van der Waals surface area contributed by atoms with E-state index in [9.17, 15) is 0 Å². The van der Waals surface area contributed by atoms with Gasteiger partial charge in [-0.05, 0) is 26.0 Å². The van der Waals surface area contributed by atoms with Crippen molar-refractivity contribution in [2.45, 2.75) is 13.8 Å². The van der Waals surface area contributed by atoms with Crippen LogP contribution in [-0.4, -0.2) is 19.6 Å². The highest BCUT2D eigenvalue weighted by Gasteiger charge is 2.16. The summed E-state index contributed by atoms with van der Waals surface area (Å²) >= 11 is 6.22. The van der Waals surface area contributed by atoms with Crippen molar-refractivity contribution in [1.82, 2.24) is 19.6 Å². The molecule has 0 aliphatic carbocycles. The molecule has 0 spiro atoms. The Morgan fingerprint density at radius 3 is 2.74 bits per heavy atom. The zero-order valence-corrected chi connectivity index (χ0v) is 11.3. The van der Waals surface area contributed by atoms with Crippen molar-refractivity contribution in [3.63, 3.8) is 0 Å². The molecule has 0 saturated heterocycles. The van der Waals surface area contributed by atoms with Crippen LogP contribution in [0.4, 0.5) is 5.69 Å². The first-order valence-corrected chi connectivity index (χ1v) is 6.19. The molecule has 6 heteroatoms. The molecule has 0 unspecified atom stereocenters. The van der Waals surface area contributed by atoms with Crippen LogP contribution in [0, 0.1) is 13.8 Å². The monoisotopic (exact) mass is 273 g/mol. The summed E-state index contributed by atoms with van der Waals surface area (Å²) in [4.78, 5) is 4.42. The van der Waals surface area contributed by atoms with Crippen LogP contribution in [0.5, 0.6) is 0 Å². The van der Waals surface area contributed by atoms with Crippen LogP contribution in [0.2, 0.25) is 5.02 Å². The summed E-state index contributed by atoms with van der Waals surface area (Å²) in [5.74, 6) is 1.41. The molecule has 0 fully saturated rings. The summed E-state index contributed by atoms with van der Waals surface area (Å²) in [6.45, 7) is 3.82. The lowest BCUT2D eigenvalue weighted by atomic mass is 10.1. The van der Waals surface area contributed by atoms with Gasteiger partial charge < -0.3 is 5.73 Å². The summed E-state index contributed by atoms with van der Waals surface area (Å²) in [5, 5.41) is 8.91. The van der Waals surface area contributed by atoms with Crippen molar-refractivity contribution in [2.75, 3.05) is 5.73 Å². The lowest BCUT2D eigenvalue weighted by Gasteiger charge is -2.08. The Balaban J connectivity index is 2.38. The van der Waals surface area contributed by atoms with Crippen LogP contribution < -0.4 is 5.73 Å². The number of nitrogens with two attached hydrogens (primary N) is 1. The quantitative estimate of drug-likeness (QED) is 0.692. The molecule has 2 aromatic heterocycles. The molecule has 0 aliphatic rings. The molecule has 0 radical (unpaired) electrons. The normalized spacial score (nSPS) is 11.1. The third-order valence-corrected chi connectivity index (χ3v) is 3.27. The number of rotatable bonds is 1. The van der Waals surface area contributed by atoms with Gasteiger partial charge in [-0.15, -0.1) is 10.2 Å². The first-order chi connectivity index (χ1) is 9.08. The lowest BCUT2D eigenvalue weighted by molar-refractivity contribution is 0.962. The number of benzene rings is 1. The lowest BCUT2D eigenvalue weighted by Crippen LogP contribution is -2.01. The van der Waals surface area contributed by atoms with E-state index < -0.39 is 0 Å². The van der Waals surface area contributed by atoms with Crippen LogP contribution in [-0.2, 0) is 0 Å². The summed E-state index contributed by atoms with van der Waals surface area (Å²) in [6, 6.07) is 7.25. The SMILES string of the molecule is Cc1cc2nnc(-c3c(N)cccc3Cl)n2c(C)n1. The number of hydrogen-bond donors (Lipinski definition) is 1. The van der Waals surface area contributed by atoms with E-state index in [1.807, 2.05) is 24.3 Å². The Morgan fingerprint density at radius 2 is 2.00 bits per heavy atom. The summed E-state index contributed by atoms with van der Waals surface area (Å²) in [5.41, 5.74) is 8.89. The Bertz CT molecular complexity index is 758. The van der Waals surface area contributed by atoms with Gasteiger partial charge in [0.15, 0.2) is 11.5 Å². The van der Waals surface area contributed by atoms with Gasteiger partial charge in [0.1, 0.15) is 5.82 Å². The van der Waals surface area contributed by atoms with Crippen LogP contribution >= 0.6 is 11.6 Å². The maximum absolute atomic E-state index is 6.22. The number of nitrogens with zero attached hydrogens (tertiary/aromatic N) is 4. The van der Waals surface area contributed by atoms with Crippen molar-refractivity contribution in [1.29, 1.82) is 0 Å². The molecule has 0 aliphatic heterocycles. The van der Waals surface area contributed by atoms with Crippen LogP contribution in [0.15, 0.2) is 24.3 Å². The third kappa shape index (κ3) is 1.82. The van der Waals surface area contributed by atoms with Crippen LogP contribution in [0.1, 0.15) is 11.5 Å². The van der Waals surface area contributed by atoms with Gasteiger partial charge >= 0.3 is 0 Å². The molecule has 3 aromatic rings. The van der Waals surface area contributed by atoms with E-state index >= 15 is 0 Å². The number of hydrogen-bond acceptors (Lipinski definition) is 4. The largest absolute Gasteiger partial charge is 0.398 e. The average Bonchev–Trinajstić information content (AvgIpc) is 2.72. The topological polar surface area (TPSA) is 69.1 Å². The van der Waals surface area contributed by atoms with Gasteiger partial charge in [0.25, 0.3) is 0 Å². The van der Waals surface area contributed by atoms with Gasteiger partial charge in [-0.25, -0.2) is 4.98 Å². The van der Waals surface area contributed by atoms with Gasteiger partial charge in [0.05, 0.1) is 10.6 Å². The Labute approximate surface area is 115 Å². The minimum atomic E-state index is 0.550. The van der Waals surface area contributed by atoms with Gasteiger partial charge in [0, 0.05) is 17.4 Å². The van der Waals surface area contributed by atoms with Gasteiger partial charge in [0.2, 0.25) is 0 Å². The molecule has 5 nitrogen and oxygen atoms in total. The number of fused-ring (bicyclic) bond motifs is 1. The number of aromatic nitrogens is 4. The first kappa shape index (κ1) is 11.9. The molecule has 0 bridgehead atoms. The number of halogens is 1. The van der Waals surface area contributed by atoms with E-state index in [1.165, 1.54) is 0 Å². The van der Waals surface area contributed by atoms with Gasteiger partial charge in [-0.1, -0.05) is 17.7 Å². The maximum Gasteiger partial charge on any atom is 0.173 e. The fourth-order valence-corrected chi connectivity index (χ4v) is 2.44. The molecule has 96 valence electrons. The highest BCUT2D eigenvalue weighted by Crippen LogP contribution is 2.32. The van der Waals surface area contributed by atoms with E-state index in [-0.39, 0.29) is 0 Å². The molecule has 2 heterocycles. The molecule has 19 heavy (non-hydrogen) atoms. The second kappa shape index (κ2) is 4.20.